The minimum atomic E-state index is 0.873. The zero-order valence-corrected chi connectivity index (χ0v) is 28.4. The zero-order chi connectivity index (χ0) is 34.4. The van der Waals surface area contributed by atoms with Crippen LogP contribution in [0, 0.1) is 0 Å². The Balaban J connectivity index is 1.23. The Labute approximate surface area is 303 Å². The van der Waals surface area contributed by atoms with Crippen molar-refractivity contribution in [3.8, 4) is 56.0 Å². The van der Waals surface area contributed by atoms with E-state index in [1.165, 1.54) is 49.7 Å². The lowest BCUT2D eigenvalue weighted by Gasteiger charge is -2.29. The molecule has 10 rings (SSSR count). The smallest absolute Gasteiger partial charge is 0.135 e. The Morgan fingerprint density at radius 3 is 1.54 bits per heavy atom. The van der Waals surface area contributed by atoms with Gasteiger partial charge in [0.2, 0.25) is 0 Å². The van der Waals surface area contributed by atoms with Crippen molar-refractivity contribution in [3.05, 3.63) is 200 Å². The summed E-state index contributed by atoms with van der Waals surface area (Å²) in [6.45, 7) is 0. The third-order valence-corrected chi connectivity index (χ3v) is 10.3. The van der Waals surface area contributed by atoms with E-state index in [0.29, 0.717) is 0 Å². The number of hydrogen-bond donors (Lipinski definition) is 0. The van der Waals surface area contributed by atoms with Crippen molar-refractivity contribution in [2.75, 3.05) is 4.90 Å². The third kappa shape index (κ3) is 5.12. The van der Waals surface area contributed by atoms with Crippen LogP contribution >= 0.6 is 0 Å². The molecular formula is C50H33NO. The highest BCUT2D eigenvalue weighted by atomic mass is 16.5. The van der Waals surface area contributed by atoms with Gasteiger partial charge in [-0.3, -0.25) is 0 Å². The van der Waals surface area contributed by atoms with Crippen LogP contribution in [0.15, 0.2) is 200 Å². The zero-order valence-electron chi connectivity index (χ0n) is 28.4. The van der Waals surface area contributed by atoms with Gasteiger partial charge in [-0.1, -0.05) is 152 Å². The van der Waals surface area contributed by atoms with Crippen molar-refractivity contribution in [1.82, 2.24) is 0 Å². The van der Waals surface area contributed by atoms with Gasteiger partial charge in [-0.05, 0) is 104 Å². The summed E-state index contributed by atoms with van der Waals surface area (Å²) in [6, 6.07) is 71.7. The predicted octanol–water partition coefficient (Wildman–Crippen LogP) is 14.2. The fourth-order valence-electron chi connectivity index (χ4n) is 7.77. The quantitative estimate of drug-likeness (QED) is 0.176. The van der Waals surface area contributed by atoms with Gasteiger partial charge in [-0.2, -0.15) is 0 Å². The monoisotopic (exact) mass is 663 g/mol. The first-order valence-corrected chi connectivity index (χ1v) is 17.8. The molecule has 2 nitrogen and oxygen atoms in total. The molecule has 0 N–H and O–H groups in total. The van der Waals surface area contributed by atoms with Crippen molar-refractivity contribution >= 4 is 38.6 Å². The van der Waals surface area contributed by atoms with Gasteiger partial charge in [0, 0.05) is 28.0 Å². The number of anilines is 3. The number of ether oxygens (including phenoxy) is 1. The van der Waals surface area contributed by atoms with Gasteiger partial charge >= 0.3 is 0 Å². The first-order valence-electron chi connectivity index (χ1n) is 17.8. The number of rotatable bonds is 6. The molecule has 1 heterocycles. The van der Waals surface area contributed by atoms with Crippen LogP contribution < -0.4 is 9.64 Å². The van der Waals surface area contributed by atoms with Crippen molar-refractivity contribution < 1.29 is 4.74 Å². The van der Waals surface area contributed by atoms with Gasteiger partial charge < -0.3 is 9.64 Å². The summed E-state index contributed by atoms with van der Waals surface area (Å²) >= 11 is 0. The average molecular weight is 664 g/mol. The normalized spacial score (nSPS) is 11.6. The molecule has 0 aromatic heterocycles. The first-order chi connectivity index (χ1) is 25.8. The van der Waals surface area contributed by atoms with Gasteiger partial charge in [0.05, 0.1) is 0 Å². The molecule has 1 aliphatic rings. The molecule has 0 saturated heterocycles. The molecule has 0 saturated carbocycles. The molecule has 0 unspecified atom stereocenters. The molecule has 9 aromatic rings. The molecule has 2 heteroatoms. The minimum Gasteiger partial charge on any atom is -0.456 e. The van der Waals surface area contributed by atoms with Gasteiger partial charge in [0.1, 0.15) is 11.5 Å². The van der Waals surface area contributed by atoms with Gasteiger partial charge in [0.15, 0.2) is 0 Å². The maximum absolute atomic E-state index is 6.59. The molecule has 0 radical (unpaired) electrons. The Morgan fingerprint density at radius 2 is 0.846 bits per heavy atom. The number of benzene rings is 9. The predicted molar refractivity (Wildman–Crippen MR) is 218 cm³/mol. The number of para-hydroxylation sites is 1. The number of hydrogen-bond acceptors (Lipinski definition) is 2. The lowest BCUT2D eigenvalue weighted by atomic mass is 9.88. The van der Waals surface area contributed by atoms with Crippen LogP contribution in [0.5, 0.6) is 11.5 Å². The van der Waals surface area contributed by atoms with Crippen LogP contribution in [-0.2, 0) is 0 Å². The average Bonchev–Trinajstić information content (AvgIpc) is 3.22. The van der Waals surface area contributed by atoms with Crippen LogP contribution in [0.2, 0.25) is 0 Å². The Morgan fingerprint density at radius 1 is 0.308 bits per heavy atom. The molecule has 244 valence electrons. The van der Waals surface area contributed by atoms with Gasteiger partial charge in [0.25, 0.3) is 0 Å². The van der Waals surface area contributed by atoms with Crippen LogP contribution in [0.4, 0.5) is 17.1 Å². The van der Waals surface area contributed by atoms with E-state index in [4.69, 9.17) is 4.74 Å². The molecule has 0 aliphatic carbocycles. The molecule has 0 atom stereocenters. The minimum absolute atomic E-state index is 0.873. The van der Waals surface area contributed by atoms with E-state index in [1.54, 1.807) is 0 Å². The summed E-state index contributed by atoms with van der Waals surface area (Å²) in [6.07, 6.45) is 0. The Kier molecular flexibility index (Phi) is 7.18. The van der Waals surface area contributed by atoms with Crippen LogP contribution in [0.3, 0.4) is 0 Å². The van der Waals surface area contributed by atoms with Gasteiger partial charge in [-0.25, -0.2) is 0 Å². The topological polar surface area (TPSA) is 12.5 Å². The lowest BCUT2D eigenvalue weighted by molar-refractivity contribution is 0.487. The van der Waals surface area contributed by atoms with Crippen molar-refractivity contribution in [2.24, 2.45) is 0 Å². The summed E-state index contributed by atoms with van der Waals surface area (Å²) in [5, 5.41) is 4.74. The molecule has 0 amide bonds. The van der Waals surface area contributed by atoms with E-state index in [2.05, 4.69) is 199 Å². The van der Waals surface area contributed by atoms with Crippen LogP contribution in [-0.4, -0.2) is 0 Å². The molecule has 1 aliphatic heterocycles. The van der Waals surface area contributed by atoms with Crippen LogP contribution in [0.1, 0.15) is 0 Å². The molecule has 9 aromatic carbocycles. The van der Waals surface area contributed by atoms with Crippen molar-refractivity contribution in [2.45, 2.75) is 0 Å². The second-order valence-corrected chi connectivity index (χ2v) is 13.3. The van der Waals surface area contributed by atoms with E-state index in [9.17, 15) is 0 Å². The number of fused-ring (bicyclic) bond motifs is 3. The maximum atomic E-state index is 6.59. The molecule has 52 heavy (non-hydrogen) atoms. The van der Waals surface area contributed by atoms with Crippen molar-refractivity contribution in [3.63, 3.8) is 0 Å². The summed E-state index contributed by atoms with van der Waals surface area (Å²) in [5.41, 5.74) is 12.7. The second-order valence-electron chi connectivity index (χ2n) is 13.3. The Bertz CT molecular complexity index is 2650. The lowest BCUT2D eigenvalue weighted by Crippen LogP contribution is -2.11. The number of nitrogens with zero attached hydrogens (tertiary/aromatic N) is 1. The Hall–Kier alpha value is -6.90. The second kappa shape index (κ2) is 12.5. The first kappa shape index (κ1) is 30.0. The van der Waals surface area contributed by atoms with Gasteiger partial charge in [-0.15, -0.1) is 0 Å². The van der Waals surface area contributed by atoms with E-state index in [-0.39, 0.29) is 0 Å². The SMILES string of the molecule is c1ccc(-c2ccc(N(c3ccc(-c4ccccc4)cc3)c3cc4c5c(ccc(-c6cccc7ccccc67)c5c3)Oc3ccccc3-4)cc2)cc1. The van der Waals surface area contributed by atoms with E-state index in [0.717, 1.165) is 44.9 Å². The maximum Gasteiger partial charge on any atom is 0.135 e. The van der Waals surface area contributed by atoms with E-state index in [1.807, 2.05) is 6.07 Å². The molecule has 0 fully saturated rings. The molecule has 0 bridgehead atoms. The van der Waals surface area contributed by atoms with Crippen LogP contribution in [0.25, 0.3) is 66.1 Å². The largest absolute Gasteiger partial charge is 0.456 e. The fraction of sp³-hybridized carbons (Fsp3) is 0. The summed E-state index contributed by atoms with van der Waals surface area (Å²) in [4.78, 5) is 2.39. The third-order valence-electron chi connectivity index (χ3n) is 10.3. The fourth-order valence-corrected chi connectivity index (χ4v) is 7.77. The molecule has 0 spiro atoms. The summed E-state index contributed by atoms with van der Waals surface area (Å²) < 4.78 is 6.59. The highest BCUT2D eigenvalue weighted by Gasteiger charge is 2.25. The summed E-state index contributed by atoms with van der Waals surface area (Å²) in [5.74, 6) is 1.75. The van der Waals surface area contributed by atoms with E-state index >= 15 is 0 Å². The summed E-state index contributed by atoms with van der Waals surface area (Å²) in [7, 11) is 0. The highest BCUT2D eigenvalue weighted by molar-refractivity contribution is 6.14. The standard InChI is InChI=1S/C50H33NO/c1-3-12-34(13-4-1)36-22-26-39(27-23-36)51(40-28-24-37(25-29-40)35-14-5-2-6-15-35)41-32-46-44(43-20-11-17-38-16-7-8-18-42(38)43)30-31-49-50(46)47(33-41)45-19-9-10-21-48(45)52-49/h1-33H. The molecular weight excluding hydrogens is 631 g/mol. The highest BCUT2D eigenvalue weighted by Crippen LogP contribution is 2.52. The van der Waals surface area contributed by atoms with E-state index < -0.39 is 0 Å². The van der Waals surface area contributed by atoms with Crippen molar-refractivity contribution in [1.29, 1.82) is 0 Å².